The average molecular weight is 434 g/mol. The molecule has 32 heavy (non-hydrogen) atoms. The van der Waals surface area contributed by atoms with Crippen LogP contribution in [0, 0.1) is 11.3 Å². The molecule has 0 spiro atoms. The van der Waals surface area contributed by atoms with Crippen LogP contribution >= 0.6 is 0 Å². The Morgan fingerprint density at radius 2 is 1.84 bits per heavy atom. The van der Waals surface area contributed by atoms with Crippen LogP contribution in [-0.4, -0.2) is 58.9 Å². The Hall–Kier alpha value is -3.11. The van der Waals surface area contributed by atoms with Crippen LogP contribution in [0.15, 0.2) is 30.3 Å². The number of anilines is 1. The Bertz CT molecular complexity index is 1030. The lowest BCUT2D eigenvalue weighted by Crippen LogP contribution is -2.46. The van der Waals surface area contributed by atoms with Gasteiger partial charge in [0.1, 0.15) is 11.9 Å². The van der Waals surface area contributed by atoms with Crippen LogP contribution in [0.3, 0.4) is 0 Å². The number of carbonyl (C=O) groups is 2. The predicted octanol–water partition coefficient (Wildman–Crippen LogP) is 3.11. The first-order chi connectivity index (χ1) is 15.5. The molecule has 7 heteroatoms. The fourth-order valence-electron chi connectivity index (χ4n) is 4.99. The molecule has 0 atom stereocenters. The van der Waals surface area contributed by atoms with Crippen molar-refractivity contribution in [1.82, 2.24) is 14.4 Å². The number of fused-ring (bicyclic) bond motifs is 1. The van der Waals surface area contributed by atoms with Crippen molar-refractivity contribution in [1.29, 1.82) is 5.26 Å². The second kappa shape index (κ2) is 9.58. The number of benzene rings is 1. The summed E-state index contributed by atoms with van der Waals surface area (Å²) in [4.78, 5) is 28.6. The Labute approximate surface area is 189 Å². The summed E-state index contributed by atoms with van der Waals surface area (Å²) in [5.74, 6) is 0.574. The topological polar surface area (TPSA) is 81.4 Å². The van der Waals surface area contributed by atoms with Gasteiger partial charge in [-0.2, -0.15) is 5.26 Å². The molecule has 0 bridgehead atoms. The second-order valence-electron chi connectivity index (χ2n) is 8.82. The first-order valence-corrected chi connectivity index (χ1v) is 11.5. The Balaban J connectivity index is 1.52. The van der Waals surface area contributed by atoms with E-state index in [0.717, 1.165) is 68.6 Å². The minimum Gasteiger partial charge on any atom is -0.343 e. The molecule has 2 aromatic rings. The average Bonchev–Trinajstić information content (AvgIpc) is 3.12. The predicted molar refractivity (Wildman–Crippen MR) is 124 cm³/mol. The highest BCUT2D eigenvalue weighted by atomic mass is 16.2. The number of hydrogen-bond donors (Lipinski definition) is 1. The zero-order chi connectivity index (χ0) is 22.7. The van der Waals surface area contributed by atoms with Gasteiger partial charge in [-0.1, -0.05) is 18.2 Å². The summed E-state index contributed by atoms with van der Waals surface area (Å²) >= 11 is 0. The number of nitriles is 1. The van der Waals surface area contributed by atoms with E-state index in [1.807, 2.05) is 37.4 Å². The molecule has 1 aliphatic carbocycles. The van der Waals surface area contributed by atoms with Crippen LogP contribution in [0.4, 0.5) is 5.82 Å². The molecule has 0 unspecified atom stereocenters. The number of piperidine rings is 1. The third-order valence-electron chi connectivity index (χ3n) is 6.82. The zero-order valence-corrected chi connectivity index (χ0v) is 18.9. The zero-order valence-electron chi connectivity index (χ0n) is 18.9. The van der Waals surface area contributed by atoms with E-state index in [4.69, 9.17) is 0 Å². The van der Waals surface area contributed by atoms with Gasteiger partial charge in [0, 0.05) is 44.5 Å². The Kier molecular flexibility index (Phi) is 6.61. The third kappa shape index (κ3) is 4.42. The molecule has 2 amide bonds. The molecule has 1 N–H and O–H groups in total. The van der Waals surface area contributed by atoms with Gasteiger partial charge in [-0.25, -0.2) is 0 Å². The van der Waals surface area contributed by atoms with Crippen molar-refractivity contribution in [2.75, 3.05) is 32.0 Å². The van der Waals surface area contributed by atoms with Gasteiger partial charge in [0.2, 0.25) is 11.8 Å². The van der Waals surface area contributed by atoms with Crippen LogP contribution in [0.25, 0.3) is 5.69 Å². The maximum Gasteiger partial charge on any atom is 0.239 e. The van der Waals surface area contributed by atoms with Crippen molar-refractivity contribution < 1.29 is 9.59 Å². The maximum atomic E-state index is 13.0. The molecule has 0 saturated carbocycles. The van der Waals surface area contributed by atoms with E-state index in [1.54, 1.807) is 11.8 Å². The van der Waals surface area contributed by atoms with E-state index in [9.17, 15) is 14.9 Å². The molecule has 2 aliphatic rings. The molecule has 1 aliphatic heterocycles. The Morgan fingerprint density at radius 3 is 2.50 bits per heavy atom. The van der Waals surface area contributed by atoms with E-state index >= 15 is 0 Å². The lowest BCUT2D eigenvalue weighted by atomic mass is 9.95. The number of nitrogens with one attached hydrogen (secondary N) is 1. The van der Waals surface area contributed by atoms with Crippen molar-refractivity contribution >= 4 is 17.6 Å². The maximum absolute atomic E-state index is 13.0. The van der Waals surface area contributed by atoms with Crippen molar-refractivity contribution in [3.05, 3.63) is 47.2 Å². The van der Waals surface area contributed by atoms with Gasteiger partial charge in [-0.15, -0.1) is 0 Å². The van der Waals surface area contributed by atoms with Gasteiger partial charge in [0.15, 0.2) is 0 Å². The standard InChI is InChI=1S/C25H31N5O2/c1-18(31)28(2)19-12-14-29(15-13-19)17-24(32)27-25-22(16-26)21-10-6-7-11-23(21)30(25)20-8-4-3-5-9-20/h3-5,8-9,19H,6-7,10-15,17H2,1-2H3,(H,27,32). The summed E-state index contributed by atoms with van der Waals surface area (Å²) in [6.45, 7) is 3.42. The minimum atomic E-state index is -0.105. The van der Waals surface area contributed by atoms with E-state index < -0.39 is 0 Å². The summed E-state index contributed by atoms with van der Waals surface area (Å²) in [5, 5.41) is 13.0. The van der Waals surface area contributed by atoms with Crippen molar-refractivity contribution in [3.63, 3.8) is 0 Å². The number of aromatic nitrogens is 1. The molecule has 1 aromatic heterocycles. The smallest absolute Gasteiger partial charge is 0.239 e. The molecular weight excluding hydrogens is 402 g/mol. The van der Waals surface area contributed by atoms with E-state index in [-0.39, 0.29) is 24.4 Å². The number of hydrogen-bond acceptors (Lipinski definition) is 4. The van der Waals surface area contributed by atoms with Gasteiger partial charge >= 0.3 is 0 Å². The molecule has 7 nitrogen and oxygen atoms in total. The molecule has 1 aromatic carbocycles. The van der Waals surface area contributed by atoms with Crippen LogP contribution in [0.2, 0.25) is 0 Å². The molecule has 1 saturated heterocycles. The van der Waals surface area contributed by atoms with E-state index in [0.29, 0.717) is 11.4 Å². The molecule has 1 fully saturated rings. The highest BCUT2D eigenvalue weighted by Gasteiger charge is 2.28. The minimum absolute atomic E-state index is 0.0795. The number of para-hydroxylation sites is 1. The van der Waals surface area contributed by atoms with Crippen molar-refractivity contribution in [2.24, 2.45) is 0 Å². The summed E-state index contributed by atoms with van der Waals surface area (Å²) in [6.07, 6.45) is 5.66. The van der Waals surface area contributed by atoms with Crippen LogP contribution in [0.5, 0.6) is 0 Å². The third-order valence-corrected chi connectivity index (χ3v) is 6.82. The normalized spacial score (nSPS) is 16.8. The first-order valence-electron chi connectivity index (χ1n) is 11.5. The molecule has 168 valence electrons. The largest absolute Gasteiger partial charge is 0.343 e. The quantitative estimate of drug-likeness (QED) is 0.786. The fourth-order valence-corrected chi connectivity index (χ4v) is 4.99. The molecule has 2 heterocycles. The summed E-state index contributed by atoms with van der Waals surface area (Å²) in [7, 11) is 1.85. The number of amides is 2. The lowest BCUT2D eigenvalue weighted by Gasteiger charge is -2.36. The fraction of sp³-hybridized carbons (Fsp3) is 0.480. The first kappa shape index (κ1) is 22.1. The highest BCUT2D eigenvalue weighted by Crippen LogP contribution is 2.35. The Morgan fingerprint density at radius 1 is 1.16 bits per heavy atom. The van der Waals surface area contributed by atoms with Gasteiger partial charge in [-0.3, -0.25) is 19.1 Å². The van der Waals surface area contributed by atoms with Crippen LogP contribution < -0.4 is 5.32 Å². The molecule has 4 rings (SSSR count). The summed E-state index contributed by atoms with van der Waals surface area (Å²) in [5.41, 5.74) is 3.78. The number of rotatable bonds is 5. The van der Waals surface area contributed by atoms with Crippen molar-refractivity contribution in [3.8, 4) is 11.8 Å². The monoisotopic (exact) mass is 433 g/mol. The number of likely N-dealkylation sites (tertiary alicyclic amines) is 1. The van der Waals surface area contributed by atoms with E-state index in [1.165, 1.54) is 0 Å². The SMILES string of the molecule is CC(=O)N(C)C1CCN(CC(=O)Nc2c(C#N)c3c(n2-c2ccccc2)CCCC3)CC1. The van der Waals surface area contributed by atoms with Gasteiger partial charge in [-0.05, 0) is 56.2 Å². The number of nitrogens with zero attached hydrogens (tertiary/aromatic N) is 4. The van der Waals surface area contributed by atoms with Gasteiger partial charge in [0.25, 0.3) is 0 Å². The van der Waals surface area contributed by atoms with E-state index in [2.05, 4.69) is 20.9 Å². The summed E-state index contributed by atoms with van der Waals surface area (Å²) in [6, 6.07) is 12.6. The lowest BCUT2D eigenvalue weighted by molar-refractivity contribution is -0.130. The van der Waals surface area contributed by atoms with Crippen LogP contribution in [0.1, 0.15) is 49.4 Å². The van der Waals surface area contributed by atoms with Crippen LogP contribution in [-0.2, 0) is 22.4 Å². The highest BCUT2D eigenvalue weighted by molar-refractivity contribution is 5.93. The van der Waals surface area contributed by atoms with Gasteiger partial charge < -0.3 is 10.2 Å². The second-order valence-corrected chi connectivity index (χ2v) is 8.82. The molecule has 0 radical (unpaired) electrons. The number of carbonyl (C=O) groups excluding carboxylic acids is 2. The van der Waals surface area contributed by atoms with Gasteiger partial charge in [0.05, 0.1) is 12.1 Å². The van der Waals surface area contributed by atoms with Crippen molar-refractivity contribution in [2.45, 2.75) is 51.5 Å². The molecular formula is C25H31N5O2. The summed E-state index contributed by atoms with van der Waals surface area (Å²) < 4.78 is 2.07.